The van der Waals surface area contributed by atoms with Gasteiger partial charge in [0.1, 0.15) is 0 Å². The maximum absolute atomic E-state index is 10.6. The molecule has 1 rings (SSSR count). The first kappa shape index (κ1) is 11.1. The molecular formula is C8H16NO3S-. The van der Waals surface area contributed by atoms with Gasteiger partial charge < -0.3 is 14.6 Å². The second kappa shape index (κ2) is 5.05. The molecule has 0 saturated carbocycles. The van der Waals surface area contributed by atoms with Gasteiger partial charge in [-0.3, -0.25) is 4.21 Å². The molecule has 1 heterocycles. The molecule has 1 atom stereocenters. The Morgan fingerprint density at radius 2 is 2.15 bits per heavy atom. The van der Waals surface area contributed by atoms with Crippen molar-refractivity contribution in [3.63, 3.8) is 0 Å². The van der Waals surface area contributed by atoms with E-state index in [1.165, 1.54) is 0 Å². The minimum atomic E-state index is -2.01. The topological polar surface area (TPSA) is 61.4 Å². The second-order valence-electron chi connectivity index (χ2n) is 3.31. The van der Waals surface area contributed by atoms with Crippen molar-refractivity contribution in [3.05, 3.63) is 0 Å². The highest BCUT2D eigenvalue weighted by molar-refractivity contribution is 7.79. The summed E-state index contributed by atoms with van der Waals surface area (Å²) in [6.45, 7) is 4.17. The molecule has 1 saturated heterocycles. The van der Waals surface area contributed by atoms with Crippen molar-refractivity contribution < 1.29 is 13.5 Å². The molecule has 1 fully saturated rings. The molecule has 0 aromatic rings. The highest BCUT2D eigenvalue weighted by Crippen LogP contribution is 2.23. The van der Waals surface area contributed by atoms with E-state index in [4.69, 9.17) is 4.74 Å². The summed E-state index contributed by atoms with van der Waals surface area (Å²) in [5, 5.41) is 3.19. The van der Waals surface area contributed by atoms with E-state index in [0.29, 0.717) is 6.61 Å². The summed E-state index contributed by atoms with van der Waals surface area (Å²) in [4.78, 5) is 0. The predicted molar refractivity (Wildman–Crippen MR) is 50.2 cm³/mol. The average molecular weight is 206 g/mol. The van der Waals surface area contributed by atoms with Gasteiger partial charge in [0.05, 0.1) is 5.60 Å². The van der Waals surface area contributed by atoms with E-state index in [1.807, 2.05) is 6.92 Å². The van der Waals surface area contributed by atoms with Crippen LogP contribution in [-0.2, 0) is 15.8 Å². The quantitative estimate of drug-likeness (QED) is 0.659. The van der Waals surface area contributed by atoms with Crippen molar-refractivity contribution in [2.24, 2.45) is 0 Å². The van der Waals surface area contributed by atoms with Crippen LogP contribution in [0.15, 0.2) is 0 Å². The van der Waals surface area contributed by atoms with E-state index in [0.717, 1.165) is 25.9 Å². The Morgan fingerprint density at radius 3 is 2.62 bits per heavy atom. The fraction of sp³-hybridized carbons (Fsp3) is 1.00. The first-order chi connectivity index (χ1) is 6.18. The summed E-state index contributed by atoms with van der Waals surface area (Å²) in [5.41, 5.74) is -0.424. The lowest BCUT2D eigenvalue weighted by molar-refractivity contribution is -0.0426. The van der Waals surface area contributed by atoms with Gasteiger partial charge in [0.25, 0.3) is 0 Å². The van der Waals surface area contributed by atoms with Gasteiger partial charge in [-0.15, -0.1) is 0 Å². The normalized spacial score (nSPS) is 24.2. The van der Waals surface area contributed by atoms with Crippen molar-refractivity contribution >= 4 is 11.1 Å². The number of nitrogens with one attached hydrogen (secondary N) is 1. The zero-order valence-electron chi connectivity index (χ0n) is 7.88. The van der Waals surface area contributed by atoms with Gasteiger partial charge in [0, 0.05) is 12.4 Å². The lowest BCUT2D eigenvalue weighted by Gasteiger charge is -2.37. The first-order valence-electron chi connectivity index (χ1n) is 4.59. The third-order valence-corrected chi connectivity index (χ3v) is 3.11. The molecule has 1 aliphatic rings. The molecule has 0 bridgehead atoms. The molecule has 0 spiro atoms. The molecule has 13 heavy (non-hydrogen) atoms. The monoisotopic (exact) mass is 206 g/mol. The molecule has 78 valence electrons. The molecule has 0 aromatic carbocycles. The summed E-state index contributed by atoms with van der Waals surface area (Å²) in [6, 6.07) is 0. The number of piperidine rings is 1. The minimum Gasteiger partial charge on any atom is -0.772 e. The van der Waals surface area contributed by atoms with Crippen LogP contribution in [-0.4, -0.2) is 39.8 Å². The molecule has 1 aliphatic heterocycles. The lowest BCUT2D eigenvalue weighted by atomic mass is 9.94. The second-order valence-corrected chi connectivity index (χ2v) is 4.21. The SMILES string of the molecule is CCOC1(CS(=O)[O-])CCNCC1. The van der Waals surface area contributed by atoms with E-state index in [2.05, 4.69) is 5.32 Å². The highest BCUT2D eigenvalue weighted by Gasteiger charge is 2.32. The van der Waals surface area contributed by atoms with E-state index < -0.39 is 16.7 Å². The van der Waals surface area contributed by atoms with Crippen LogP contribution in [0.3, 0.4) is 0 Å². The number of rotatable bonds is 4. The van der Waals surface area contributed by atoms with Crippen molar-refractivity contribution in [2.75, 3.05) is 25.4 Å². The maximum atomic E-state index is 10.6. The van der Waals surface area contributed by atoms with Crippen molar-refractivity contribution in [3.8, 4) is 0 Å². The molecule has 0 amide bonds. The van der Waals surface area contributed by atoms with Crippen LogP contribution in [0, 0.1) is 0 Å². The molecule has 4 nitrogen and oxygen atoms in total. The lowest BCUT2D eigenvalue weighted by Crippen LogP contribution is -2.47. The standard InChI is InChI=1S/C8H17NO3S/c1-2-12-8(7-13(10)11)3-5-9-6-4-8/h9H,2-7H2,1H3,(H,10,11)/p-1. The Bertz CT molecular complexity index is 175. The third-order valence-electron chi connectivity index (χ3n) is 2.35. The summed E-state index contributed by atoms with van der Waals surface area (Å²) < 4.78 is 26.8. The van der Waals surface area contributed by atoms with Crippen molar-refractivity contribution in [1.29, 1.82) is 0 Å². The van der Waals surface area contributed by atoms with Gasteiger partial charge in [-0.1, -0.05) is 11.1 Å². The van der Waals surface area contributed by atoms with Crippen LogP contribution < -0.4 is 5.32 Å². The Balaban J connectivity index is 2.55. The van der Waals surface area contributed by atoms with Gasteiger partial charge in [-0.05, 0) is 32.9 Å². The van der Waals surface area contributed by atoms with Crippen molar-refractivity contribution in [2.45, 2.75) is 25.4 Å². The van der Waals surface area contributed by atoms with E-state index >= 15 is 0 Å². The van der Waals surface area contributed by atoms with Crippen LogP contribution in [0.4, 0.5) is 0 Å². The molecule has 0 aliphatic carbocycles. The molecule has 1 unspecified atom stereocenters. The first-order valence-corrected chi connectivity index (χ1v) is 5.83. The summed E-state index contributed by atoms with van der Waals surface area (Å²) in [7, 11) is 0. The van der Waals surface area contributed by atoms with E-state index in [1.54, 1.807) is 0 Å². The van der Waals surface area contributed by atoms with E-state index in [-0.39, 0.29) is 5.75 Å². The molecule has 0 radical (unpaired) electrons. The smallest absolute Gasteiger partial charge is 0.0810 e. The fourth-order valence-electron chi connectivity index (χ4n) is 1.73. The number of ether oxygens (including phenoxy) is 1. The predicted octanol–water partition coefficient (Wildman–Crippen LogP) is 0.0242. The van der Waals surface area contributed by atoms with Crippen LogP contribution >= 0.6 is 0 Å². The Labute approximate surface area is 81.3 Å². The van der Waals surface area contributed by atoms with Gasteiger partial charge in [-0.2, -0.15) is 0 Å². The van der Waals surface area contributed by atoms with Crippen LogP contribution in [0.5, 0.6) is 0 Å². The Kier molecular flexibility index (Phi) is 4.31. The summed E-state index contributed by atoms with van der Waals surface area (Å²) >= 11 is -2.01. The molecule has 1 N–H and O–H groups in total. The number of hydrogen-bond donors (Lipinski definition) is 1. The maximum Gasteiger partial charge on any atom is 0.0810 e. The average Bonchev–Trinajstić information content (AvgIpc) is 2.04. The zero-order chi connectivity index (χ0) is 9.73. The molecular weight excluding hydrogens is 190 g/mol. The van der Waals surface area contributed by atoms with Gasteiger partial charge in [-0.25, -0.2) is 0 Å². The molecule has 0 aromatic heterocycles. The zero-order valence-corrected chi connectivity index (χ0v) is 8.69. The van der Waals surface area contributed by atoms with Gasteiger partial charge in [0.2, 0.25) is 0 Å². The fourth-order valence-corrected chi connectivity index (χ4v) is 2.54. The molecule has 5 heteroatoms. The van der Waals surface area contributed by atoms with Crippen molar-refractivity contribution in [1.82, 2.24) is 5.32 Å². The largest absolute Gasteiger partial charge is 0.772 e. The number of hydrogen-bond acceptors (Lipinski definition) is 4. The van der Waals surface area contributed by atoms with Crippen LogP contribution in [0.25, 0.3) is 0 Å². The minimum absolute atomic E-state index is 0.127. The highest BCUT2D eigenvalue weighted by atomic mass is 32.2. The Hall–Kier alpha value is 0.0300. The Morgan fingerprint density at radius 1 is 1.54 bits per heavy atom. The summed E-state index contributed by atoms with van der Waals surface area (Å²) in [5.74, 6) is 0.127. The van der Waals surface area contributed by atoms with Crippen LogP contribution in [0.1, 0.15) is 19.8 Å². The van der Waals surface area contributed by atoms with E-state index in [9.17, 15) is 8.76 Å². The van der Waals surface area contributed by atoms with Gasteiger partial charge >= 0.3 is 0 Å². The van der Waals surface area contributed by atoms with Gasteiger partial charge in [0.15, 0.2) is 0 Å². The summed E-state index contributed by atoms with van der Waals surface area (Å²) in [6.07, 6.45) is 1.57. The van der Waals surface area contributed by atoms with Crippen LogP contribution in [0.2, 0.25) is 0 Å². The third kappa shape index (κ3) is 3.34.